The summed E-state index contributed by atoms with van der Waals surface area (Å²) in [4.78, 5) is 25.7. The summed E-state index contributed by atoms with van der Waals surface area (Å²) in [5.41, 5.74) is 0.291. The summed E-state index contributed by atoms with van der Waals surface area (Å²) in [7, 11) is 0. The van der Waals surface area contributed by atoms with Crippen molar-refractivity contribution in [1.29, 1.82) is 5.26 Å². The van der Waals surface area contributed by atoms with Crippen LogP contribution >= 0.6 is 0 Å². The van der Waals surface area contributed by atoms with E-state index in [9.17, 15) is 19.3 Å². The highest BCUT2D eigenvalue weighted by molar-refractivity contribution is 5.75. The van der Waals surface area contributed by atoms with Gasteiger partial charge in [0.25, 0.3) is 0 Å². The minimum atomic E-state index is -0.605. The quantitative estimate of drug-likeness (QED) is 0.419. The Hall–Kier alpha value is -3.48. The zero-order valence-electron chi connectivity index (χ0n) is 14.0. The van der Waals surface area contributed by atoms with Crippen LogP contribution in [0.25, 0.3) is 0 Å². The molecule has 2 rings (SSSR count). The standard InChI is InChI=1S/C16H17FN6O3/c1-11-21-15(23(25)26)10-22(11)8-5-16(24)20-7-6-19-14-4-2-3-13(17)12(14)9-18/h2-4,10,19H,5-8H2,1H3,(H,20,24). The first kappa shape index (κ1) is 18.9. The second kappa shape index (κ2) is 8.57. The molecular formula is C16H17FN6O3. The van der Waals surface area contributed by atoms with Gasteiger partial charge in [-0.05, 0) is 22.0 Å². The first-order valence-electron chi connectivity index (χ1n) is 7.79. The van der Waals surface area contributed by atoms with Crippen molar-refractivity contribution in [2.24, 2.45) is 0 Å². The van der Waals surface area contributed by atoms with Gasteiger partial charge < -0.3 is 25.3 Å². The number of nitriles is 1. The Morgan fingerprint density at radius 1 is 1.46 bits per heavy atom. The molecular weight excluding hydrogens is 343 g/mol. The Morgan fingerprint density at radius 3 is 2.88 bits per heavy atom. The number of carbonyl (C=O) groups is 1. The van der Waals surface area contributed by atoms with Gasteiger partial charge in [0, 0.05) is 33.0 Å². The molecule has 0 saturated carbocycles. The average molecular weight is 360 g/mol. The molecule has 9 nitrogen and oxygen atoms in total. The Bertz CT molecular complexity index is 858. The number of aromatic nitrogens is 2. The average Bonchev–Trinajstić information content (AvgIpc) is 2.98. The van der Waals surface area contributed by atoms with E-state index in [0.29, 0.717) is 18.1 Å². The second-order valence-corrected chi connectivity index (χ2v) is 5.40. The fourth-order valence-corrected chi connectivity index (χ4v) is 2.30. The number of amides is 1. The predicted octanol–water partition coefficient (Wildman–Crippen LogP) is 1.73. The SMILES string of the molecule is Cc1nc([N+](=O)[O-])cn1CCC(=O)NCCNc1cccc(F)c1C#N. The van der Waals surface area contributed by atoms with Crippen LogP contribution in [0.2, 0.25) is 0 Å². The molecule has 0 aliphatic rings. The number of hydrogen-bond acceptors (Lipinski definition) is 6. The summed E-state index contributed by atoms with van der Waals surface area (Å²) >= 11 is 0. The van der Waals surface area contributed by atoms with Crippen LogP contribution in [0.4, 0.5) is 15.9 Å². The van der Waals surface area contributed by atoms with Crippen LogP contribution in [-0.4, -0.2) is 33.5 Å². The molecule has 2 aromatic rings. The summed E-state index contributed by atoms with van der Waals surface area (Å²) in [5, 5.41) is 25.2. The van der Waals surface area contributed by atoms with Crippen molar-refractivity contribution < 1.29 is 14.1 Å². The molecule has 0 aliphatic heterocycles. The second-order valence-electron chi connectivity index (χ2n) is 5.40. The molecule has 0 aliphatic carbocycles. The maximum Gasteiger partial charge on any atom is 0.381 e. The van der Waals surface area contributed by atoms with Gasteiger partial charge in [-0.25, -0.2) is 4.39 Å². The van der Waals surface area contributed by atoms with E-state index in [0.717, 1.165) is 0 Å². The van der Waals surface area contributed by atoms with Crippen molar-refractivity contribution in [3.8, 4) is 6.07 Å². The lowest BCUT2D eigenvalue weighted by molar-refractivity contribution is -0.389. The largest absolute Gasteiger partial charge is 0.382 e. The monoisotopic (exact) mass is 360 g/mol. The van der Waals surface area contributed by atoms with Gasteiger partial charge in [-0.15, -0.1) is 0 Å². The normalized spacial score (nSPS) is 10.2. The van der Waals surface area contributed by atoms with E-state index < -0.39 is 10.7 Å². The lowest BCUT2D eigenvalue weighted by Crippen LogP contribution is -2.29. The molecule has 1 aromatic heterocycles. The van der Waals surface area contributed by atoms with Crippen LogP contribution in [0.3, 0.4) is 0 Å². The van der Waals surface area contributed by atoms with E-state index in [1.807, 2.05) is 0 Å². The molecule has 0 unspecified atom stereocenters. The minimum absolute atomic E-state index is 0.0731. The summed E-state index contributed by atoms with van der Waals surface area (Å²) in [6.45, 7) is 2.50. The number of nitro groups is 1. The maximum atomic E-state index is 13.5. The third kappa shape index (κ3) is 4.76. The molecule has 2 N–H and O–H groups in total. The van der Waals surface area contributed by atoms with E-state index in [4.69, 9.17) is 5.26 Å². The fraction of sp³-hybridized carbons (Fsp3) is 0.312. The Kier molecular flexibility index (Phi) is 6.21. The third-order valence-corrected chi connectivity index (χ3v) is 3.62. The fourth-order valence-electron chi connectivity index (χ4n) is 2.30. The number of benzene rings is 1. The number of rotatable bonds is 8. The van der Waals surface area contributed by atoms with Crippen molar-refractivity contribution in [2.45, 2.75) is 19.9 Å². The first-order valence-corrected chi connectivity index (χ1v) is 7.79. The Labute approximate surface area is 148 Å². The topological polar surface area (TPSA) is 126 Å². The van der Waals surface area contributed by atoms with E-state index >= 15 is 0 Å². The highest BCUT2D eigenvalue weighted by Gasteiger charge is 2.15. The molecule has 0 radical (unpaired) electrons. The molecule has 0 bridgehead atoms. The smallest absolute Gasteiger partial charge is 0.381 e. The Balaban J connectivity index is 1.75. The van der Waals surface area contributed by atoms with Crippen molar-refractivity contribution in [3.63, 3.8) is 0 Å². The van der Waals surface area contributed by atoms with Gasteiger partial charge >= 0.3 is 5.82 Å². The van der Waals surface area contributed by atoms with Crippen LogP contribution in [0.5, 0.6) is 0 Å². The van der Waals surface area contributed by atoms with Crippen molar-refractivity contribution in [3.05, 3.63) is 51.7 Å². The zero-order valence-corrected chi connectivity index (χ0v) is 14.0. The number of carbonyl (C=O) groups excluding carboxylic acids is 1. The number of nitrogens with one attached hydrogen (secondary N) is 2. The van der Waals surface area contributed by atoms with Gasteiger partial charge in [0.2, 0.25) is 11.7 Å². The number of aryl methyl sites for hydroxylation is 2. The highest BCUT2D eigenvalue weighted by atomic mass is 19.1. The van der Waals surface area contributed by atoms with Gasteiger partial charge in [0.05, 0.1) is 5.69 Å². The number of hydrogen-bond donors (Lipinski definition) is 2. The predicted molar refractivity (Wildman–Crippen MR) is 90.8 cm³/mol. The summed E-state index contributed by atoms with van der Waals surface area (Å²) in [6.07, 6.45) is 1.43. The number of anilines is 1. The van der Waals surface area contributed by atoms with Gasteiger partial charge in [0.15, 0.2) is 0 Å². The van der Waals surface area contributed by atoms with Crippen molar-refractivity contribution in [1.82, 2.24) is 14.9 Å². The van der Waals surface area contributed by atoms with E-state index in [-0.39, 0.29) is 36.8 Å². The molecule has 0 atom stereocenters. The molecule has 26 heavy (non-hydrogen) atoms. The molecule has 0 saturated heterocycles. The van der Waals surface area contributed by atoms with Crippen LogP contribution < -0.4 is 10.6 Å². The molecule has 0 spiro atoms. The molecule has 1 aromatic carbocycles. The molecule has 1 amide bonds. The summed E-state index contributed by atoms with van der Waals surface area (Å²) < 4.78 is 15.0. The van der Waals surface area contributed by atoms with Crippen LogP contribution in [0.15, 0.2) is 24.4 Å². The lowest BCUT2D eigenvalue weighted by atomic mass is 10.2. The van der Waals surface area contributed by atoms with Gasteiger partial charge in [-0.1, -0.05) is 6.07 Å². The summed E-state index contributed by atoms with van der Waals surface area (Å²) in [6, 6.07) is 6.06. The lowest BCUT2D eigenvalue weighted by Gasteiger charge is -2.10. The number of nitrogens with zero attached hydrogens (tertiary/aromatic N) is 4. The third-order valence-electron chi connectivity index (χ3n) is 3.62. The van der Waals surface area contributed by atoms with Crippen LogP contribution in [-0.2, 0) is 11.3 Å². The molecule has 0 fully saturated rings. The molecule has 136 valence electrons. The first-order chi connectivity index (χ1) is 12.4. The maximum absolute atomic E-state index is 13.5. The molecule has 1 heterocycles. The van der Waals surface area contributed by atoms with E-state index in [1.165, 1.54) is 18.3 Å². The van der Waals surface area contributed by atoms with E-state index in [1.54, 1.807) is 23.6 Å². The molecule has 10 heteroatoms. The van der Waals surface area contributed by atoms with Crippen LogP contribution in [0.1, 0.15) is 17.8 Å². The van der Waals surface area contributed by atoms with Crippen LogP contribution in [0, 0.1) is 34.2 Å². The van der Waals surface area contributed by atoms with Gasteiger partial charge in [-0.2, -0.15) is 5.26 Å². The van der Waals surface area contributed by atoms with E-state index in [2.05, 4.69) is 15.6 Å². The summed E-state index contributed by atoms with van der Waals surface area (Å²) in [5.74, 6) is -0.634. The Morgan fingerprint density at radius 2 is 2.23 bits per heavy atom. The van der Waals surface area contributed by atoms with Crippen molar-refractivity contribution in [2.75, 3.05) is 18.4 Å². The van der Waals surface area contributed by atoms with Gasteiger partial charge in [0.1, 0.15) is 23.6 Å². The number of imidazole rings is 1. The zero-order chi connectivity index (χ0) is 19.1. The minimum Gasteiger partial charge on any atom is -0.382 e. The van der Waals surface area contributed by atoms with Gasteiger partial charge in [-0.3, -0.25) is 4.79 Å². The number of halogens is 1. The highest BCUT2D eigenvalue weighted by Crippen LogP contribution is 2.17. The van der Waals surface area contributed by atoms with Crippen molar-refractivity contribution >= 4 is 17.4 Å².